The first-order valence-corrected chi connectivity index (χ1v) is 4.65. The molecule has 2 nitrogen and oxygen atoms in total. The average Bonchev–Trinajstić information content (AvgIpc) is 2.66. The molecule has 1 aliphatic heterocycles. The Balaban J connectivity index is 1.84. The van der Waals surface area contributed by atoms with E-state index in [1.807, 2.05) is 0 Å². The molecular formula is C9H17NO. The van der Waals surface area contributed by atoms with Gasteiger partial charge in [0.15, 0.2) is 0 Å². The lowest BCUT2D eigenvalue weighted by Gasteiger charge is -2.22. The monoisotopic (exact) mass is 155 g/mol. The molecule has 1 atom stereocenters. The highest BCUT2D eigenvalue weighted by Crippen LogP contribution is 2.60. The van der Waals surface area contributed by atoms with Gasteiger partial charge in [-0.1, -0.05) is 0 Å². The first-order chi connectivity index (χ1) is 5.37. The quantitative estimate of drug-likeness (QED) is 0.649. The number of hydrogen-bond acceptors (Lipinski definition) is 2. The van der Waals surface area contributed by atoms with Gasteiger partial charge in [-0.05, 0) is 43.6 Å². The van der Waals surface area contributed by atoms with Crippen LogP contribution in [0.1, 0.15) is 25.7 Å². The fraction of sp³-hybridized carbons (Fsp3) is 1.00. The van der Waals surface area contributed by atoms with Crippen molar-refractivity contribution in [1.82, 2.24) is 0 Å². The zero-order valence-corrected chi connectivity index (χ0v) is 7.01. The standard InChI is InChI=1S/C9H17NO/c10-4-1-8-7-9(8)2-5-11-6-3-9/h8H,1-7,10H2. The summed E-state index contributed by atoms with van der Waals surface area (Å²) in [4.78, 5) is 0. The van der Waals surface area contributed by atoms with Crippen LogP contribution in [0.25, 0.3) is 0 Å². The summed E-state index contributed by atoms with van der Waals surface area (Å²) in [5, 5.41) is 0. The van der Waals surface area contributed by atoms with E-state index < -0.39 is 0 Å². The molecule has 1 saturated carbocycles. The predicted molar refractivity (Wildman–Crippen MR) is 44.3 cm³/mol. The molecule has 0 aromatic rings. The lowest BCUT2D eigenvalue weighted by atomic mass is 9.93. The van der Waals surface area contributed by atoms with Gasteiger partial charge in [0, 0.05) is 13.2 Å². The molecule has 2 heteroatoms. The van der Waals surface area contributed by atoms with Crippen LogP contribution < -0.4 is 5.73 Å². The Labute approximate surface area is 68.1 Å². The summed E-state index contributed by atoms with van der Waals surface area (Å²) in [6.07, 6.45) is 5.24. The molecule has 1 aliphatic carbocycles. The fourth-order valence-electron chi connectivity index (χ4n) is 2.43. The van der Waals surface area contributed by atoms with E-state index in [0.717, 1.165) is 25.7 Å². The highest BCUT2D eigenvalue weighted by Gasteiger charge is 2.52. The van der Waals surface area contributed by atoms with Gasteiger partial charge in [-0.2, -0.15) is 0 Å². The van der Waals surface area contributed by atoms with Crippen molar-refractivity contribution < 1.29 is 4.74 Å². The molecule has 1 heterocycles. The first-order valence-electron chi connectivity index (χ1n) is 4.65. The molecule has 11 heavy (non-hydrogen) atoms. The van der Waals surface area contributed by atoms with Crippen LogP contribution in [0.15, 0.2) is 0 Å². The maximum absolute atomic E-state index is 5.53. The van der Waals surface area contributed by atoms with E-state index in [0.29, 0.717) is 5.41 Å². The summed E-state index contributed by atoms with van der Waals surface area (Å²) in [7, 11) is 0. The Morgan fingerprint density at radius 1 is 1.36 bits per heavy atom. The Morgan fingerprint density at radius 2 is 2.09 bits per heavy atom. The second-order valence-corrected chi connectivity index (χ2v) is 3.95. The molecule has 2 aliphatic rings. The minimum atomic E-state index is 0.692. The lowest BCUT2D eigenvalue weighted by Crippen LogP contribution is -2.19. The second kappa shape index (κ2) is 2.76. The smallest absolute Gasteiger partial charge is 0.0471 e. The number of rotatable bonds is 2. The van der Waals surface area contributed by atoms with E-state index >= 15 is 0 Å². The van der Waals surface area contributed by atoms with Gasteiger partial charge in [0.2, 0.25) is 0 Å². The van der Waals surface area contributed by atoms with Crippen molar-refractivity contribution in [1.29, 1.82) is 0 Å². The molecule has 2 N–H and O–H groups in total. The molecule has 1 unspecified atom stereocenters. The summed E-state index contributed by atoms with van der Waals surface area (Å²) in [6, 6.07) is 0. The molecule has 0 radical (unpaired) electrons. The predicted octanol–water partition coefficient (Wildman–Crippen LogP) is 1.15. The van der Waals surface area contributed by atoms with Gasteiger partial charge in [-0.3, -0.25) is 0 Å². The van der Waals surface area contributed by atoms with Crippen molar-refractivity contribution in [3.8, 4) is 0 Å². The maximum Gasteiger partial charge on any atom is 0.0471 e. The summed E-state index contributed by atoms with van der Waals surface area (Å²) in [5.74, 6) is 0.941. The molecule has 0 aromatic carbocycles. The maximum atomic E-state index is 5.53. The molecule has 64 valence electrons. The van der Waals surface area contributed by atoms with Crippen LogP contribution in [0.5, 0.6) is 0 Å². The van der Waals surface area contributed by atoms with Crippen molar-refractivity contribution in [3.05, 3.63) is 0 Å². The Kier molecular flexibility index (Phi) is 1.90. The van der Waals surface area contributed by atoms with Crippen LogP contribution in [0.3, 0.4) is 0 Å². The van der Waals surface area contributed by atoms with E-state index in [4.69, 9.17) is 10.5 Å². The van der Waals surface area contributed by atoms with Crippen LogP contribution in [-0.2, 0) is 4.74 Å². The topological polar surface area (TPSA) is 35.2 Å². The third-order valence-electron chi connectivity index (χ3n) is 3.36. The van der Waals surface area contributed by atoms with Crippen molar-refractivity contribution in [2.45, 2.75) is 25.7 Å². The van der Waals surface area contributed by atoms with Crippen LogP contribution in [0.2, 0.25) is 0 Å². The van der Waals surface area contributed by atoms with Gasteiger partial charge in [0.05, 0.1) is 0 Å². The normalized spacial score (nSPS) is 34.1. The third-order valence-corrected chi connectivity index (χ3v) is 3.36. The summed E-state index contributed by atoms with van der Waals surface area (Å²) in [6.45, 7) is 2.84. The van der Waals surface area contributed by atoms with E-state index in [9.17, 15) is 0 Å². The van der Waals surface area contributed by atoms with Crippen LogP contribution in [0.4, 0.5) is 0 Å². The van der Waals surface area contributed by atoms with Gasteiger partial charge >= 0.3 is 0 Å². The summed E-state index contributed by atoms with van der Waals surface area (Å²) in [5.41, 5.74) is 6.22. The first kappa shape index (κ1) is 7.56. The Hall–Kier alpha value is -0.0800. The van der Waals surface area contributed by atoms with Crippen molar-refractivity contribution in [2.24, 2.45) is 17.1 Å². The average molecular weight is 155 g/mol. The molecule has 0 aromatic heterocycles. The summed E-state index contributed by atoms with van der Waals surface area (Å²) >= 11 is 0. The zero-order valence-electron chi connectivity index (χ0n) is 7.01. The third kappa shape index (κ3) is 1.30. The highest BCUT2D eigenvalue weighted by molar-refractivity contribution is 5.02. The van der Waals surface area contributed by atoms with E-state index in [-0.39, 0.29) is 0 Å². The molecule has 2 rings (SSSR count). The van der Waals surface area contributed by atoms with E-state index in [1.54, 1.807) is 0 Å². The molecule has 0 bridgehead atoms. The molecule has 1 saturated heterocycles. The van der Waals surface area contributed by atoms with Gasteiger partial charge in [-0.15, -0.1) is 0 Å². The SMILES string of the molecule is NCCC1CC12CCOCC2. The fourth-order valence-corrected chi connectivity index (χ4v) is 2.43. The Bertz CT molecular complexity index is 140. The van der Waals surface area contributed by atoms with Crippen LogP contribution >= 0.6 is 0 Å². The molecular weight excluding hydrogens is 138 g/mol. The van der Waals surface area contributed by atoms with Crippen LogP contribution in [0, 0.1) is 11.3 Å². The number of hydrogen-bond donors (Lipinski definition) is 1. The molecule has 0 amide bonds. The highest BCUT2D eigenvalue weighted by atomic mass is 16.5. The number of ether oxygens (including phenoxy) is 1. The van der Waals surface area contributed by atoms with Crippen molar-refractivity contribution >= 4 is 0 Å². The van der Waals surface area contributed by atoms with Gasteiger partial charge in [0.1, 0.15) is 0 Å². The zero-order chi connectivity index (χ0) is 7.73. The molecule has 1 spiro atoms. The Morgan fingerprint density at radius 3 is 2.73 bits per heavy atom. The lowest BCUT2D eigenvalue weighted by molar-refractivity contribution is 0.0516. The van der Waals surface area contributed by atoms with Gasteiger partial charge in [-0.25, -0.2) is 0 Å². The molecule has 2 fully saturated rings. The van der Waals surface area contributed by atoms with Crippen LogP contribution in [-0.4, -0.2) is 19.8 Å². The number of nitrogens with two attached hydrogens (primary N) is 1. The van der Waals surface area contributed by atoms with Crippen molar-refractivity contribution in [3.63, 3.8) is 0 Å². The van der Waals surface area contributed by atoms with Gasteiger partial charge < -0.3 is 10.5 Å². The minimum Gasteiger partial charge on any atom is -0.381 e. The summed E-state index contributed by atoms with van der Waals surface area (Å²) < 4.78 is 5.34. The minimum absolute atomic E-state index is 0.692. The largest absolute Gasteiger partial charge is 0.381 e. The van der Waals surface area contributed by atoms with Crippen molar-refractivity contribution in [2.75, 3.05) is 19.8 Å². The van der Waals surface area contributed by atoms with Gasteiger partial charge in [0.25, 0.3) is 0 Å². The second-order valence-electron chi connectivity index (χ2n) is 3.95. The van der Waals surface area contributed by atoms with E-state index in [1.165, 1.54) is 25.7 Å². The van der Waals surface area contributed by atoms with E-state index in [2.05, 4.69) is 0 Å².